The maximum absolute atomic E-state index is 9.03. The van der Waals surface area contributed by atoms with Crippen LogP contribution in [0, 0.1) is 11.3 Å². The lowest BCUT2D eigenvalue weighted by molar-refractivity contribution is 0.397. The normalized spacial score (nSPS) is 9.74. The summed E-state index contributed by atoms with van der Waals surface area (Å²) in [4.78, 5) is 4.12. The van der Waals surface area contributed by atoms with Gasteiger partial charge in [-0.3, -0.25) is 0 Å². The number of methoxy groups -OCH3 is 1. The molecule has 1 heterocycles. The van der Waals surface area contributed by atoms with Gasteiger partial charge in [0.2, 0.25) is 5.88 Å². The van der Waals surface area contributed by atoms with Crippen LogP contribution in [-0.2, 0) is 6.54 Å². The fourth-order valence-electron chi connectivity index (χ4n) is 1.60. The van der Waals surface area contributed by atoms with Crippen molar-refractivity contribution >= 4 is 17.3 Å². The van der Waals surface area contributed by atoms with Crippen molar-refractivity contribution in [3.05, 3.63) is 52.7 Å². The standard InChI is InChI=1S/C14H12ClN3O/c1-19-14-5-2-10(9-18-14)8-17-13-4-3-12(15)6-11(13)7-16/h2-6,9,17H,8H2,1H3. The Kier molecular flexibility index (Phi) is 4.22. The minimum atomic E-state index is 0.522. The quantitative estimate of drug-likeness (QED) is 0.929. The second-order valence-electron chi connectivity index (χ2n) is 3.86. The monoisotopic (exact) mass is 273 g/mol. The van der Waals surface area contributed by atoms with Crippen molar-refractivity contribution in [3.8, 4) is 11.9 Å². The number of hydrogen-bond acceptors (Lipinski definition) is 4. The third-order valence-corrected chi connectivity index (χ3v) is 2.83. The number of anilines is 1. The Hall–Kier alpha value is -2.25. The van der Waals surface area contributed by atoms with Crippen LogP contribution in [0.25, 0.3) is 0 Å². The van der Waals surface area contributed by atoms with E-state index in [4.69, 9.17) is 21.6 Å². The Labute approximate surface area is 116 Å². The molecule has 0 aliphatic carbocycles. The maximum atomic E-state index is 9.03. The molecule has 0 unspecified atom stereocenters. The van der Waals surface area contributed by atoms with Gasteiger partial charge in [-0.1, -0.05) is 17.7 Å². The minimum absolute atomic E-state index is 0.522. The van der Waals surface area contributed by atoms with Gasteiger partial charge >= 0.3 is 0 Å². The van der Waals surface area contributed by atoms with E-state index in [-0.39, 0.29) is 0 Å². The third-order valence-electron chi connectivity index (χ3n) is 2.59. The van der Waals surface area contributed by atoms with E-state index in [0.717, 1.165) is 11.3 Å². The lowest BCUT2D eigenvalue weighted by Crippen LogP contribution is -2.02. The first kappa shape index (κ1) is 13.2. The Morgan fingerprint density at radius 2 is 2.21 bits per heavy atom. The van der Waals surface area contributed by atoms with E-state index in [0.29, 0.717) is 23.0 Å². The third kappa shape index (κ3) is 3.36. The zero-order chi connectivity index (χ0) is 13.7. The first-order valence-electron chi connectivity index (χ1n) is 5.65. The molecule has 0 fully saturated rings. The molecule has 0 spiro atoms. The average molecular weight is 274 g/mol. The Morgan fingerprint density at radius 3 is 2.84 bits per heavy atom. The SMILES string of the molecule is COc1ccc(CNc2ccc(Cl)cc2C#N)cn1. The Bertz CT molecular complexity index is 605. The van der Waals surface area contributed by atoms with Crippen LogP contribution in [0.15, 0.2) is 36.5 Å². The minimum Gasteiger partial charge on any atom is -0.481 e. The van der Waals surface area contributed by atoms with E-state index in [2.05, 4.69) is 16.4 Å². The van der Waals surface area contributed by atoms with Crippen LogP contribution in [0.4, 0.5) is 5.69 Å². The number of hydrogen-bond donors (Lipinski definition) is 1. The van der Waals surface area contributed by atoms with Crippen molar-refractivity contribution in [2.24, 2.45) is 0 Å². The van der Waals surface area contributed by atoms with Gasteiger partial charge < -0.3 is 10.1 Å². The molecule has 1 aromatic carbocycles. The van der Waals surface area contributed by atoms with Crippen molar-refractivity contribution in [2.75, 3.05) is 12.4 Å². The molecule has 19 heavy (non-hydrogen) atoms. The van der Waals surface area contributed by atoms with Crippen LogP contribution < -0.4 is 10.1 Å². The van der Waals surface area contributed by atoms with E-state index in [1.54, 1.807) is 37.6 Å². The number of aromatic nitrogens is 1. The van der Waals surface area contributed by atoms with E-state index in [1.165, 1.54) is 0 Å². The molecular weight excluding hydrogens is 262 g/mol. The maximum Gasteiger partial charge on any atom is 0.212 e. The van der Waals surface area contributed by atoms with Crippen molar-refractivity contribution in [1.82, 2.24) is 4.98 Å². The van der Waals surface area contributed by atoms with Gasteiger partial charge in [0.05, 0.1) is 18.4 Å². The predicted octanol–water partition coefficient (Wildman–Crippen LogP) is 3.23. The van der Waals surface area contributed by atoms with E-state index < -0.39 is 0 Å². The van der Waals surface area contributed by atoms with Crippen LogP contribution >= 0.6 is 11.6 Å². The highest BCUT2D eigenvalue weighted by molar-refractivity contribution is 6.30. The molecule has 0 bridgehead atoms. The molecule has 96 valence electrons. The van der Waals surface area contributed by atoms with Crippen molar-refractivity contribution < 1.29 is 4.74 Å². The van der Waals surface area contributed by atoms with Crippen molar-refractivity contribution in [3.63, 3.8) is 0 Å². The molecule has 4 nitrogen and oxygen atoms in total. The molecule has 2 aromatic rings. The van der Waals surface area contributed by atoms with Crippen LogP contribution in [0.2, 0.25) is 5.02 Å². The summed E-state index contributed by atoms with van der Waals surface area (Å²) in [5.74, 6) is 0.577. The topological polar surface area (TPSA) is 57.9 Å². The molecular formula is C14H12ClN3O. The molecule has 0 saturated carbocycles. The van der Waals surface area contributed by atoms with Crippen LogP contribution in [-0.4, -0.2) is 12.1 Å². The van der Waals surface area contributed by atoms with Gasteiger partial charge in [0.25, 0.3) is 0 Å². The molecule has 2 rings (SSSR count). The Balaban J connectivity index is 2.08. The predicted molar refractivity (Wildman–Crippen MR) is 74.3 cm³/mol. The van der Waals surface area contributed by atoms with Gasteiger partial charge in [0, 0.05) is 23.8 Å². The number of nitrogens with zero attached hydrogens (tertiary/aromatic N) is 2. The highest BCUT2D eigenvalue weighted by atomic mass is 35.5. The summed E-state index contributed by atoms with van der Waals surface area (Å²) in [6.07, 6.45) is 1.73. The zero-order valence-corrected chi connectivity index (χ0v) is 11.1. The molecule has 0 radical (unpaired) electrons. The summed E-state index contributed by atoms with van der Waals surface area (Å²) in [6, 6.07) is 11.0. The smallest absolute Gasteiger partial charge is 0.212 e. The summed E-state index contributed by atoms with van der Waals surface area (Å²) in [5.41, 5.74) is 2.27. The zero-order valence-electron chi connectivity index (χ0n) is 10.4. The van der Waals surface area contributed by atoms with E-state index in [1.807, 2.05) is 6.07 Å². The van der Waals surface area contributed by atoms with Crippen molar-refractivity contribution in [1.29, 1.82) is 5.26 Å². The lowest BCUT2D eigenvalue weighted by Gasteiger charge is -2.08. The number of benzene rings is 1. The lowest BCUT2D eigenvalue weighted by atomic mass is 10.2. The summed E-state index contributed by atoms with van der Waals surface area (Å²) in [5, 5.41) is 12.8. The summed E-state index contributed by atoms with van der Waals surface area (Å²) in [6.45, 7) is 0.577. The second-order valence-corrected chi connectivity index (χ2v) is 4.30. The Morgan fingerprint density at radius 1 is 1.37 bits per heavy atom. The summed E-state index contributed by atoms with van der Waals surface area (Å²) < 4.78 is 4.99. The van der Waals surface area contributed by atoms with Gasteiger partial charge in [-0.2, -0.15) is 5.26 Å². The highest BCUT2D eigenvalue weighted by Crippen LogP contribution is 2.20. The number of nitriles is 1. The van der Waals surface area contributed by atoms with Crippen LogP contribution in [0.5, 0.6) is 5.88 Å². The van der Waals surface area contributed by atoms with Crippen LogP contribution in [0.3, 0.4) is 0 Å². The summed E-state index contributed by atoms with van der Waals surface area (Å²) in [7, 11) is 1.58. The van der Waals surface area contributed by atoms with Crippen LogP contribution in [0.1, 0.15) is 11.1 Å². The number of rotatable bonds is 4. The van der Waals surface area contributed by atoms with Gasteiger partial charge in [-0.25, -0.2) is 4.98 Å². The molecule has 0 atom stereocenters. The van der Waals surface area contributed by atoms with Gasteiger partial charge in [0.1, 0.15) is 6.07 Å². The first-order valence-corrected chi connectivity index (χ1v) is 6.03. The molecule has 0 aliphatic heterocycles. The molecule has 1 aromatic heterocycles. The van der Waals surface area contributed by atoms with Crippen molar-refractivity contribution in [2.45, 2.75) is 6.54 Å². The largest absolute Gasteiger partial charge is 0.481 e. The molecule has 0 saturated heterocycles. The number of pyridine rings is 1. The second kappa shape index (κ2) is 6.07. The average Bonchev–Trinajstić information content (AvgIpc) is 2.46. The van der Waals surface area contributed by atoms with E-state index in [9.17, 15) is 0 Å². The van der Waals surface area contributed by atoms with E-state index >= 15 is 0 Å². The molecule has 1 N–H and O–H groups in total. The fraction of sp³-hybridized carbons (Fsp3) is 0.143. The fourth-order valence-corrected chi connectivity index (χ4v) is 1.77. The first-order chi connectivity index (χ1) is 9.22. The number of ether oxygens (including phenoxy) is 1. The van der Waals surface area contributed by atoms with Gasteiger partial charge in [-0.15, -0.1) is 0 Å². The molecule has 0 amide bonds. The van der Waals surface area contributed by atoms with Gasteiger partial charge in [-0.05, 0) is 23.8 Å². The summed E-state index contributed by atoms with van der Waals surface area (Å²) >= 11 is 5.84. The number of nitrogens with one attached hydrogen (secondary N) is 1. The highest BCUT2D eigenvalue weighted by Gasteiger charge is 2.03. The molecule has 5 heteroatoms. The number of halogens is 1. The molecule has 0 aliphatic rings. The van der Waals surface area contributed by atoms with Gasteiger partial charge in [0.15, 0.2) is 0 Å².